The Morgan fingerprint density at radius 1 is 0.339 bits per heavy atom. The molecule has 62 heavy (non-hydrogen) atoms. The number of fused-ring (bicyclic) bond motifs is 10. The third-order valence-corrected chi connectivity index (χ3v) is 13.7. The van der Waals surface area contributed by atoms with Crippen LogP contribution in [0.15, 0.2) is 231 Å². The molecule has 9 aromatic carbocycles. The predicted molar refractivity (Wildman–Crippen MR) is 251 cm³/mol. The van der Waals surface area contributed by atoms with Crippen molar-refractivity contribution in [2.24, 2.45) is 0 Å². The Bertz CT molecular complexity index is 3080. The minimum atomic E-state index is -0.459. The number of para-hydroxylation sites is 3. The molecule has 0 amide bonds. The lowest BCUT2D eigenvalue weighted by Crippen LogP contribution is -2.36. The molecule has 1 spiro atoms. The van der Waals surface area contributed by atoms with Crippen molar-refractivity contribution >= 4 is 17.1 Å². The second-order valence-corrected chi connectivity index (χ2v) is 16.9. The first kappa shape index (κ1) is 35.4. The molecule has 9 aromatic rings. The highest BCUT2D eigenvalue weighted by Crippen LogP contribution is 2.64. The lowest BCUT2D eigenvalue weighted by molar-refractivity contribution is 0.314. The summed E-state index contributed by atoms with van der Waals surface area (Å²) in [6, 6.07) is 84.9. The largest absolute Gasteiger partial charge is 0.310 e. The molecule has 0 radical (unpaired) electrons. The number of rotatable bonds is 6. The van der Waals surface area contributed by atoms with Gasteiger partial charge in [-0.1, -0.05) is 200 Å². The van der Waals surface area contributed by atoms with Gasteiger partial charge >= 0.3 is 0 Å². The maximum absolute atomic E-state index is 4.00. The Hall–Kier alpha value is -7.34. The molecule has 0 aromatic heterocycles. The van der Waals surface area contributed by atoms with Crippen LogP contribution in [0.5, 0.6) is 0 Å². The zero-order valence-electron chi connectivity index (χ0n) is 34.0. The van der Waals surface area contributed by atoms with E-state index in [2.05, 4.69) is 251 Å². The summed E-state index contributed by atoms with van der Waals surface area (Å²) in [6.07, 6.45) is 0.315. The first-order valence-electron chi connectivity index (χ1n) is 21.7. The Morgan fingerprint density at radius 2 is 0.790 bits per heavy atom. The highest BCUT2D eigenvalue weighted by molar-refractivity contribution is 5.96. The predicted octanol–water partition coefficient (Wildman–Crippen LogP) is 13.7. The van der Waals surface area contributed by atoms with Gasteiger partial charge in [0.2, 0.25) is 0 Å². The number of anilines is 3. The normalized spacial score (nSPS) is 20.8. The van der Waals surface area contributed by atoms with Crippen LogP contribution in [-0.2, 0) is 5.41 Å². The van der Waals surface area contributed by atoms with Crippen LogP contribution in [0.4, 0.5) is 17.1 Å². The smallest absolute Gasteiger partial charge is 0.119 e. The van der Waals surface area contributed by atoms with Crippen LogP contribution in [0.1, 0.15) is 57.4 Å². The summed E-state index contributed by atoms with van der Waals surface area (Å²) in [4.78, 5) is 2.44. The van der Waals surface area contributed by atoms with Gasteiger partial charge in [-0.25, -0.2) is 0 Å². The fraction of sp³-hybridized carbons (Fsp3) is 0.0690. The summed E-state index contributed by atoms with van der Waals surface area (Å²) < 4.78 is 0. The minimum absolute atomic E-state index is 0.0432. The summed E-state index contributed by atoms with van der Waals surface area (Å²) in [5.74, 6) is 0. The molecule has 2 fully saturated rings. The van der Waals surface area contributed by atoms with Crippen molar-refractivity contribution in [2.45, 2.75) is 23.9 Å². The molecule has 294 valence electrons. The van der Waals surface area contributed by atoms with Crippen LogP contribution in [-0.4, -0.2) is 10.0 Å². The molecule has 4 heteroatoms. The Labute approximate surface area is 362 Å². The lowest BCUT2D eigenvalue weighted by Gasteiger charge is -2.45. The number of hydrogen-bond acceptors (Lipinski definition) is 4. The summed E-state index contributed by atoms with van der Waals surface area (Å²) in [5, 5.41) is 9.00. The molecule has 4 nitrogen and oxygen atoms in total. The molecule has 3 aliphatic heterocycles. The highest BCUT2D eigenvalue weighted by atomic mass is 15.9. The molecule has 1 N–H and O–H groups in total. The second kappa shape index (κ2) is 13.8. The summed E-state index contributed by atoms with van der Waals surface area (Å²) >= 11 is 0. The van der Waals surface area contributed by atoms with Crippen molar-refractivity contribution in [2.75, 3.05) is 4.90 Å². The Kier molecular flexibility index (Phi) is 7.91. The molecular formula is C58H42N4. The topological polar surface area (TPSA) is 21.3 Å². The number of hydrogen-bond donors (Lipinski definition) is 1. The van der Waals surface area contributed by atoms with Crippen molar-refractivity contribution in [3.8, 4) is 33.4 Å². The van der Waals surface area contributed by atoms with Crippen molar-refractivity contribution in [3.05, 3.63) is 269 Å². The average molecular weight is 795 g/mol. The van der Waals surface area contributed by atoms with Gasteiger partial charge < -0.3 is 4.90 Å². The van der Waals surface area contributed by atoms with E-state index >= 15 is 0 Å². The first-order chi connectivity index (χ1) is 30.8. The van der Waals surface area contributed by atoms with Crippen LogP contribution in [0, 0.1) is 0 Å². The quantitative estimate of drug-likeness (QED) is 0.169. The summed E-state index contributed by atoms with van der Waals surface area (Å²) in [6.45, 7) is 0. The molecule has 4 aliphatic rings. The molecule has 1 aliphatic carbocycles. The molecule has 5 atom stereocenters. The van der Waals surface area contributed by atoms with Gasteiger partial charge in [-0.2, -0.15) is 10.0 Å². The number of hydrazine groups is 1. The fourth-order valence-corrected chi connectivity index (χ4v) is 11.0. The maximum Gasteiger partial charge on any atom is 0.119 e. The number of nitrogens with one attached hydrogen (secondary N) is 1. The minimum Gasteiger partial charge on any atom is -0.310 e. The van der Waals surface area contributed by atoms with Crippen LogP contribution < -0.4 is 10.2 Å². The van der Waals surface area contributed by atoms with E-state index in [1.54, 1.807) is 0 Å². The van der Waals surface area contributed by atoms with E-state index in [0.29, 0.717) is 0 Å². The number of nitrogens with zero attached hydrogens (tertiary/aromatic N) is 3. The average Bonchev–Trinajstić information content (AvgIpc) is 3.85. The Balaban J connectivity index is 0.869. The van der Waals surface area contributed by atoms with Crippen LogP contribution in [0.3, 0.4) is 0 Å². The standard InChI is InChI=1S/C58H42N4/c1-4-16-39(17-5-1)40-28-32-42(33-29-40)55-59-56(62-57(61(55)62)44-18-6-2-7-19-44)43-34-30-41(31-35-43)45-36-37-50-48(38-45)47-22-10-11-23-49(47)58(50)51-24-12-14-26-53(51)60(46-20-8-3-9-21-46)54-27-15-13-25-52(54)58/h1-38,55-57,59H. The molecule has 13 rings (SSSR count). The van der Waals surface area contributed by atoms with Crippen LogP contribution >= 0.6 is 0 Å². The number of benzene rings is 9. The van der Waals surface area contributed by atoms with Gasteiger partial charge in [0.25, 0.3) is 0 Å². The van der Waals surface area contributed by atoms with Gasteiger partial charge in [-0.15, -0.1) is 0 Å². The van der Waals surface area contributed by atoms with E-state index < -0.39 is 5.41 Å². The molecule has 5 unspecified atom stereocenters. The zero-order valence-corrected chi connectivity index (χ0v) is 34.0. The van der Waals surface area contributed by atoms with E-state index in [4.69, 9.17) is 0 Å². The van der Waals surface area contributed by atoms with Gasteiger partial charge in [0.1, 0.15) is 18.5 Å². The SMILES string of the molecule is c1ccc(-c2ccc(C3NC(c4ccc(-c5ccc6c(c5)-c5ccccc5C65c6ccccc6N(c6ccccc6)c6ccccc65)cc4)N4C(c5ccccc5)N34)cc2)cc1. The lowest BCUT2D eigenvalue weighted by atomic mass is 9.64. The van der Waals surface area contributed by atoms with Crippen molar-refractivity contribution in [1.82, 2.24) is 15.3 Å². The van der Waals surface area contributed by atoms with Gasteiger partial charge in [0.05, 0.1) is 16.8 Å². The molecule has 3 heterocycles. The third kappa shape index (κ3) is 5.18. The van der Waals surface area contributed by atoms with Crippen LogP contribution in [0.25, 0.3) is 33.4 Å². The highest BCUT2D eigenvalue weighted by Gasteiger charge is 2.60. The molecule has 0 saturated carbocycles. The van der Waals surface area contributed by atoms with Crippen molar-refractivity contribution in [3.63, 3.8) is 0 Å². The molecular weight excluding hydrogens is 753 g/mol. The van der Waals surface area contributed by atoms with Crippen molar-refractivity contribution in [1.29, 1.82) is 0 Å². The molecule has 0 bridgehead atoms. The van der Waals surface area contributed by atoms with Gasteiger partial charge in [-0.05, 0) is 103 Å². The van der Waals surface area contributed by atoms with E-state index in [0.717, 1.165) is 5.69 Å². The zero-order chi connectivity index (χ0) is 40.8. The monoisotopic (exact) mass is 794 g/mol. The Morgan fingerprint density at radius 3 is 1.40 bits per heavy atom. The van der Waals surface area contributed by atoms with Gasteiger partial charge in [-0.3, -0.25) is 5.32 Å². The van der Waals surface area contributed by atoms with Crippen molar-refractivity contribution < 1.29 is 0 Å². The van der Waals surface area contributed by atoms with E-state index in [1.165, 1.54) is 83.7 Å². The second-order valence-electron chi connectivity index (χ2n) is 16.9. The van der Waals surface area contributed by atoms with E-state index in [-0.39, 0.29) is 18.5 Å². The fourth-order valence-electron chi connectivity index (χ4n) is 11.0. The molecule has 2 saturated heterocycles. The summed E-state index contributed by atoms with van der Waals surface area (Å²) in [5.41, 5.74) is 19.7. The van der Waals surface area contributed by atoms with E-state index in [9.17, 15) is 0 Å². The van der Waals surface area contributed by atoms with Crippen LogP contribution in [0.2, 0.25) is 0 Å². The van der Waals surface area contributed by atoms with Gasteiger partial charge in [0, 0.05) is 5.69 Å². The third-order valence-electron chi connectivity index (χ3n) is 13.7. The summed E-state index contributed by atoms with van der Waals surface area (Å²) in [7, 11) is 0. The maximum atomic E-state index is 4.00. The van der Waals surface area contributed by atoms with E-state index in [1.807, 2.05) is 0 Å². The van der Waals surface area contributed by atoms with Gasteiger partial charge in [0.15, 0.2) is 0 Å². The first-order valence-corrected chi connectivity index (χ1v) is 21.7.